The van der Waals surface area contributed by atoms with E-state index in [0.717, 1.165) is 17.2 Å². The van der Waals surface area contributed by atoms with Gasteiger partial charge >= 0.3 is 5.97 Å². The second kappa shape index (κ2) is 7.33. The lowest BCUT2D eigenvalue weighted by molar-refractivity contribution is -0.134. The maximum atomic E-state index is 11.6. The molecule has 0 bridgehead atoms. The molecule has 5 nitrogen and oxygen atoms in total. The number of carbonyl (C=O) groups is 2. The molecule has 0 saturated heterocycles. The Morgan fingerprint density at radius 1 is 1.42 bits per heavy atom. The Labute approximate surface area is 112 Å². The number of carbonyl (C=O) groups excluding carboxylic acids is 1. The van der Waals surface area contributed by atoms with Gasteiger partial charge in [-0.2, -0.15) is 0 Å². The van der Waals surface area contributed by atoms with Crippen LogP contribution >= 0.6 is 0 Å². The maximum Gasteiger partial charge on any atom is 0.328 e. The fourth-order valence-electron chi connectivity index (χ4n) is 1.56. The van der Waals surface area contributed by atoms with Gasteiger partial charge in [0.25, 0.3) is 0 Å². The number of likely N-dealkylation sites (N-methyl/N-ethyl adjacent to an activating group) is 1. The Hall–Kier alpha value is -2.14. The van der Waals surface area contributed by atoms with Crippen molar-refractivity contribution in [1.82, 2.24) is 4.90 Å². The van der Waals surface area contributed by atoms with Crippen LogP contribution in [0.5, 0.6) is 0 Å². The van der Waals surface area contributed by atoms with Gasteiger partial charge in [0.05, 0.1) is 0 Å². The first-order valence-electron chi connectivity index (χ1n) is 5.75. The molecule has 1 aromatic rings. The zero-order chi connectivity index (χ0) is 14.3. The lowest BCUT2D eigenvalue weighted by Crippen LogP contribution is -2.29. The molecule has 102 valence electrons. The average molecular weight is 263 g/mol. The highest BCUT2D eigenvalue weighted by Crippen LogP contribution is 2.09. The van der Waals surface area contributed by atoms with Crippen molar-refractivity contribution in [3.63, 3.8) is 0 Å². The summed E-state index contributed by atoms with van der Waals surface area (Å²) in [5, 5.41) is 8.57. The molecule has 0 heterocycles. The summed E-state index contributed by atoms with van der Waals surface area (Å²) in [6.45, 7) is 0.506. The predicted octanol–water partition coefficient (Wildman–Crippen LogP) is 1.39. The van der Waals surface area contributed by atoms with Crippen LogP contribution in [0.2, 0.25) is 0 Å². The van der Waals surface area contributed by atoms with Gasteiger partial charge in [0, 0.05) is 26.8 Å². The maximum absolute atomic E-state index is 11.6. The van der Waals surface area contributed by atoms with Crippen molar-refractivity contribution in [3.05, 3.63) is 41.5 Å². The minimum atomic E-state index is -0.988. The third kappa shape index (κ3) is 5.35. The molecule has 1 aromatic carbocycles. The lowest BCUT2D eigenvalue weighted by Gasteiger charge is -2.16. The van der Waals surface area contributed by atoms with E-state index in [0.29, 0.717) is 6.54 Å². The number of benzene rings is 1. The predicted molar refractivity (Wildman–Crippen MR) is 71.5 cm³/mol. The van der Waals surface area contributed by atoms with E-state index in [9.17, 15) is 9.59 Å². The Balaban J connectivity index is 2.71. The first-order chi connectivity index (χ1) is 9.02. The molecular weight excluding hydrogens is 246 g/mol. The Bertz CT molecular complexity index is 482. The summed E-state index contributed by atoms with van der Waals surface area (Å²) in [5.41, 5.74) is 1.71. The molecule has 0 saturated carbocycles. The van der Waals surface area contributed by atoms with Crippen LogP contribution in [0.4, 0.5) is 0 Å². The van der Waals surface area contributed by atoms with Crippen LogP contribution in [0, 0.1) is 0 Å². The number of methoxy groups -OCH3 is 1. The van der Waals surface area contributed by atoms with Crippen molar-refractivity contribution in [3.8, 4) is 0 Å². The highest BCUT2D eigenvalue weighted by molar-refractivity contribution is 5.85. The molecular formula is C14H17NO4. The molecule has 0 fully saturated rings. The van der Waals surface area contributed by atoms with E-state index >= 15 is 0 Å². The summed E-state index contributed by atoms with van der Waals surface area (Å²) in [4.78, 5) is 23.6. The fourth-order valence-corrected chi connectivity index (χ4v) is 1.56. The summed E-state index contributed by atoms with van der Waals surface area (Å²) in [6, 6.07) is 7.36. The van der Waals surface area contributed by atoms with Gasteiger partial charge in [0.15, 0.2) is 0 Å². The molecule has 0 spiro atoms. The molecule has 5 heteroatoms. The molecule has 0 aromatic heterocycles. The van der Waals surface area contributed by atoms with E-state index < -0.39 is 5.97 Å². The molecule has 0 atom stereocenters. The third-order valence-electron chi connectivity index (χ3n) is 2.48. The van der Waals surface area contributed by atoms with Gasteiger partial charge in [0.2, 0.25) is 5.91 Å². The zero-order valence-corrected chi connectivity index (χ0v) is 11.0. The number of carboxylic acid groups (broad SMARTS) is 1. The molecule has 1 amide bonds. The minimum absolute atomic E-state index is 0.0507. The monoisotopic (exact) mass is 263 g/mol. The van der Waals surface area contributed by atoms with Crippen molar-refractivity contribution in [2.45, 2.75) is 6.54 Å². The van der Waals surface area contributed by atoms with Crippen molar-refractivity contribution >= 4 is 18.0 Å². The van der Waals surface area contributed by atoms with Gasteiger partial charge in [-0.05, 0) is 23.3 Å². The van der Waals surface area contributed by atoms with E-state index in [1.165, 1.54) is 13.2 Å². The summed E-state index contributed by atoms with van der Waals surface area (Å²) in [5.74, 6) is -1.09. The topological polar surface area (TPSA) is 66.8 Å². The minimum Gasteiger partial charge on any atom is -0.478 e. The van der Waals surface area contributed by atoms with Crippen molar-refractivity contribution in [1.29, 1.82) is 0 Å². The highest BCUT2D eigenvalue weighted by atomic mass is 16.5. The lowest BCUT2D eigenvalue weighted by atomic mass is 10.1. The Kier molecular flexibility index (Phi) is 5.75. The van der Waals surface area contributed by atoms with Crippen molar-refractivity contribution in [2.24, 2.45) is 0 Å². The largest absolute Gasteiger partial charge is 0.478 e. The van der Waals surface area contributed by atoms with Gasteiger partial charge in [-0.15, -0.1) is 0 Å². The number of hydrogen-bond donors (Lipinski definition) is 1. The van der Waals surface area contributed by atoms with Crippen LogP contribution in [0.3, 0.4) is 0 Å². The van der Waals surface area contributed by atoms with Crippen LogP contribution in [0.25, 0.3) is 6.08 Å². The van der Waals surface area contributed by atoms with Gasteiger partial charge in [0.1, 0.15) is 6.61 Å². The quantitative estimate of drug-likeness (QED) is 0.788. The average Bonchev–Trinajstić information content (AvgIpc) is 2.37. The van der Waals surface area contributed by atoms with Crippen LogP contribution in [-0.2, 0) is 20.9 Å². The summed E-state index contributed by atoms with van der Waals surface area (Å²) < 4.78 is 4.78. The van der Waals surface area contributed by atoms with Crippen LogP contribution in [0.1, 0.15) is 11.1 Å². The Morgan fingerprint density at radius 2 is 2.16 bits per heavy atom. The Morgan fingerprint density at radius 3 is 2.79 bits per heavy atom. The van der Waals surface area contributed by atoms with Crippen LogP contribution in [-0.4, -0.2) is 42.6 Å². The SMILES string of the molecule is COCC(=O)N(C)Cc1cccc(/C=C/C(=O)O)c1. The number of ether oxygens (including phenoxy) is 1. The molecule has 0 aliphatic rings. The summed E-state index contributed by atoms with van der Waals surface area (Å²) >= 11 is 0. The number of rotatable bonds is 6. The number of aliphatic carboxylic acids is 1. The smallest absolute Gasteiger partial charge is 0.328 e. The van der Waals surface area contributed by atoms with Gasteiger partial charge < -0.3 is 14.7 Å². The first-order valence-corrected chi connectivity index (χ1v) is 5.75. The molecule has 0 aliphatic heterocycles. The number of amides is 1. The highest BCUT2D eigenvalue weighted by Gasteiger charge is 2.08. The second-order valence-corrected chi connectivity index (χ2v) is 4.10. The number of hydrogen-bond acceptors (Lipinski definition) is 3. The molecule has 1 N–H and O–H groups in total. The molecule has 1 rings (SSSR count). The van der Waals surface area contributed by atoms with E-state index in [2.05, 4.69) is 0 Å². The fraction of sp³-hybridized carbons (Fsp3) is 0.286. The van der Waals surface area contributed by atoms with Gasteiger partial charge in [-0.1, -0.05) is 18.2 Å². The summed E-state index contributed by atoms with van der Waals surface area (Å²) in [6.07, 6.45) is 2.60. The van der Waals surface area contributed by atoms with Gasteiger partial charge in [-0.25, -0.2) is 4.79 Å². The molecule has 19 heavy (non-hydrogen) atoms. The van der Waals surface area contributed by atoms with E-state index in [4.69, 9.17) is 9.84 Å². The van der Waals surface area contributed by atoms with E-state index in [1.807, 2.05) is 18.2 Å². The van der Waals surface area contributed by atoms with Crippen LogP contribution in [0.15, 0.2) is 30.3 Å². The molecule has 0 radical (unpaired) electrons. The van der Waals surface area contributed by atoms with Crippen molar-refractivity contribution in [2.75, 3.05) is 20.8 Å². The normalized spacial score (nSPS) is 10.6. The van der Waals surface area contributed by atoms with E-state index in [-0.39, 0.29) is 12.5 Å². The van der Waals surface area contributed by atoms with E-state index in [1.54, 1.807) is 18.0 Å². The zero-order valence-electron chi connectivity index (χ0n) is 11.0. The molecule has 0 aliphatic carbocycles. The number of carboxylic acids is 1. The third-order valence-corrected chi connectivity index (χ3v) is 2.48. The second-order valence-electron chi connectivity index (χ2n) is 4.10. The van der Waals surface area contributed by atoms with Crippen molar-refractivity contribution < 1.29 is 19.4 Å². The first kappa shape index (κ1) is 14.9. The molecule has 0 unspecified atom stereocenters. The summed E-state index contributed by atoms with van der Waals surface area (Å²) in [7, 11) is 3.17. The number of nitrogens with zero attached hydrogens (tertiary/aromatic N) is 1. The van der Waals surface area contributed by atoms with Gasteiger partial charge in [-0.3, -0.25) is 4.79 Å². The standard InChI is InChI=1S/C14H17NO4/c1-15(13(16)10-19-2)9-12-5-3-4-11(8-12)6-7-14(17)18/h3-8H,9-10H2,1-2H3,(H,17,18)/b7-6+. The van der Waals surface area contributed by atoms with Crippen LogP contribution < -0.4 is 0 Å².